The number of amides is 1. The van der Waals surface area contributed by atoms with Crippen molar-refractivity contribution < 1.29 is 14.3 Å². The number of nitrogens with zero attached hydrogens (tertiary/aromatic N) is 1. The molecule has 0 aliphatic rings. The summed E-state index contributed by atoms with van der Waals surface area (Å²) in [5.74, 6) is -0.630. The van der Waals surface area contributed by atoms with E-state index in [0.717, 1.165) is 0 Å². The molecule has 1 rings (SSSR count). The van der Waals surface area contributed by atoms with Gasteiger partial charge in [0.05, 0.1) is 24.1 Å². The zero-order valence-electron chi connectivity index (χ0n) is 9.32. The van der Waals surface area contributed by atoms with Crippen LogP contribution in [0, 0.1) is 0 Å². The summed E-state index contributed by atoms with van der Waals surface area (Å²) in [6, 6.07) is 1.52. The highest BCUT2D eigenvalue weighted by molar-refractivity contribution is 6.00. The summed E-state index contributed by atoms with van der Waals surface area (Å²) in [5, 5.41) is 2.60. The van der Waals surface area contributed by atoms with E-state index in [9.17, 15) is 9.59 Å². The number of anilines is 1. The van der Waals surface area contributed by atoms with Crippen molar-refractivity contribution in [2.24, 2.45) is 0 Å². The topological polar surface area (TPSA) is 68.3 Å². The van der Waals surface area contributed by atoms with Crippen LogP contribution < -0.4 is 5.32 Å². The van der Waals surface area contributed by atoms with E-state index < -0.39 is 5.97 Å². The van der Waals surface area contributed by atoms with Crippen LogP contribution in [0.3, 0.4) is 0 Å². The molecule has 0 atom stereocenters. The van der Waals surface area contributed by atoms with Crippen LogP contribution in [-0.4, -0.2) is 23.5 Å². The van der Waals surface area contributed by atoms with Crippen LogP contribution in [0.5, 0.6) is 0 Å². The Balaban J connectivity index is 2.91. The minimum atomic E-state index is -0.462. The van der Waals surface area contributed by atoms with Gasteiger partial charge in [0, 0.05) is 12.6 Å². The quantitative estimate of drug-likeness (QED) is 0.786. The van der Waals surface area contributed by atoms with E-state index in [-0.39, 0.29) is 5.91 Å². The second kappa shape index (κ2) is 5.85. The first-order chi connectivity index (χ1) is 7.69. The van der Waals surface area contributed by atoms with Crippen molar-refractivity contribution in [1.29, 1.82) is 0 Å². The van der Waals surface area contributed by atoms with E-state index in [0.29, 0.717) is 24.3 Å². The van der Waals surface area contributed by atoms with Gasteiger partial charge in [-0.25, -0.2) is 4.79 Å². The van der Waals surface area contributed by atoms with Crippen molar-refractivity contribution in [3.05, 3.63) is 24.0 Å². The third-order valence-corrected chi connectivity index (χ3v) is 1.91. The Kier molecular flexibility index (Phi) is 4.44. The van der Waals surface area contributed by atoms with Gasteiger partial charge in [0.25, 0.3) is 0 Å². The summed E-state index contributed by atoms with van der Waals surface area (Å²) in [6.07, 6.45) is 3.25. The van der Waals surface area contributed by atoms with Gasteiger partial charge in [0.1, 0.15) is 0 Å². The number of aromatic nitrogens is 1. The fraction of sp³-hybridized carbons (Fsp3) is 0.364. The summed E-state index contributed by atoms with van der Waals surface area (Å²) in [5.41, 5.74) is 0.700. The first-order valence-corrected chi connectivity index (χ1v) is 5.10. The van der Waals surface area contributed by atoms with Crippen LogP contribution in [0.1, 0.15) is 30.6 Å². The Morgan fingerprint density at radius 2 is 2.19 bits per heavy atom. The lowest BCUT2D eigenvalue weighted by molar-refractivity contribution is -0.115. The van der Waals surface area contributed by atoms with Gasteiger partial charge in [-0.2, -0.15) is 0 Å². The number of nitrogens with one attached hydrogen (secondary N) is 1. The van der Waals surface area contributed by atoms with Gasteiger partial charge in [-0.3, -0.25) is 9.78 Å². The molecule has 0 unspecified atom stereocenters. The maximum absolute atomic E-state index is 11.5. The number of carbonyl (C=O) groups is 2. The Hall–Kier alpha value is -1.91. The summed E-state index contributed by atoms with van der Waals surface area (Å²) in [4.78, 5) is 26.6. The minimum Gasteiger partial charge on any atom is -0.462 e. The normalized spacial score (nSPS) is 9.62. The molecule has 5 nitrogen and oxygen atoms in total. The van der Waals surface area contributed by atoms with E-state index in [1.54, 1.807) is 13.8 Å². The average molecular weight is 222 g/mol. The highest BCUT2D eigenvalue weighted by Gasteiger charge is 2.13. The van der Waals surface area contributed by atoms with Crippen molar-refractivity contribution in [2.45, 2.75) is 20.3 Å². The molecule has 1 N–H and O–H groups in total. The van der Waals surface area contributed by atoms with Gasteiger partial charge >= 0.3 is 5.97 Å². The van der Waals surface area contributed by atoms with Crippen molar-refractivity contribution >= 4 is 17.6 Å². The molecule has 5 heteroatoms. The number of hydrogen-bond acceptors (Lipinski definition) is 4. The van der Waals surface area contributed by atoms with Gasteiger partial charge in [-0.15, -0.1) is 0 Å². The Bertz CT molecular complexity index is 391. The lowest BCUT2D eigenvalue weighted by atomic mass is 10.2. The number of rotatable bonds is 4. The van der Waals surface area contributed by atoms with Gasteiger partial charge in [-0.05, 0) is 13.0 Å². The average Bonchev–Trinajstić information content (AvgIpc) is 2.30. The first kappa shape index (κ1) is 12.2. The molecule has 86 valence electrons. The molecule has 0 aliphatic heterocycles. The highest BCUT2D eigenvalue weighted by Crippen LogP contribution is 2.14. The van der Waals surface area contributed by atoms with Crippen LogP contribution in [0.4, 0.5) is 5.69 Å². The Morgan fingerprint density at radius 3 is 2.81 bits per heavy atom. The fourth-order valence-electron chi connectivity index (χ4n) is 1.12. The van der Waals surface area contributed by atoms with Gasteiger partial charge in [0.2, 0.25) is 5.91 Å². The van der Waals surface area contributed by atoms with Crippen molar-refractivity contribution in [3.63, 3.8) is 0 Å². The third kappa shape index (κ3) is 3.05. The Labute approximate surface area is 93.8 Å². The molecule has 16 heavy (non-hydrogen) atoms. The molecule has 0 saturated carbocycles. The number of ether oxygens (including phenoxy) is 1. The van der Waals surface area contributed by atoms with Crippen LogP contribution in [0.25, 0.3) is 0 Å². The van der Waals surface area contributed by atoms with Crippen molar-refractivity contribution in [3.8, 4) is 0 Å². The van der Waals surface area contributed by atoms with Crippen LogP contribution in [-0.2, 0) is 9.53 Å². The monoisotopic (exact) mass is 222 g/mol. The molecule has 1 amide bonds. The summed E-state index contributed by atoms with van der Waals surface area (Å²) in [6.45, 7) is 3.75. The van der Waals surface area contributed by atoms with Crippen LogP contribution >= 0.6 is 0 Å². The van der Waals surface area contributed by atoms with E-state index in [4.69, 9.17) is 4.74 Å². The number of carbonyl (C=O) groups excluding carboxylic acids is 2. The number of hydrogen-bond donors (Lipinski definition) is 1. The largest absolute Gasteiger partial charge is 0.462 e. The molecule has 0 bridgehead atoms. The molecule has 0 aliphatic carbocycles. The molecular weight excluding hydrogens is 208 g/mol. The fourth-order valence-corrected chi connectivity index (χ4v) is 1.12. The molecule has 0 fully saturated rings. The zero-order valence-corrected chi connectivity index (χ0v) is 9.32. The molecule has 0 saturated heterocycles. The highest BCUT2D eigenvalue weighted by atomic mass is 16.5. The molecular formula is C11H14N2O3. The molecule has 0 radical (unpaired) electrons. The second-order valence-corrected chi connectivity index (χ2v) is 3.04. The number of esters is 1. The summed E-state index contributed by atoms with van der Waals surface area (Å²) in [7, 11) is 0. The molecule has 1 heterocycles. The van der Waals surface area contributed by atoms with Crippen LogP contribution in [0.15, 0.2) is 18.5 Å². The standard InChI is InChI=1S/C11H14N2O3/c1-3-10(14)13-9-7-12-6-5-8(9)11(15)16-4-2/h5-7H,3-4H2,1-2H3,(H,13,14). The van der Waals surface area contributed by atoms with Gasteiger partial charge in [0.15, 0.2) is 0 Å². The minimum absolute atomic E-state index is 0.168. The Morgan fingerprint density at radius 1 is 1.44 bits per heavy atom. The molecule has 1 aromatic heterocycles. The van der Waals surface area contributed by atoms with E-state index in [1.165, 1.54) is 18.5 Å². The second-order valence-electron chi connectivity index (χ2n) is 3.04. The van der Waals surface area contributed by atoms with E-state index >= 15 is 0 Å². The molecule has 0 aromatic carbocycles. The smallest absolute Gasteiger partial charge is 0.340 e. The molecule has 0 spiro atoms. The lowest BCUT2D eigenvalue weighted by Gasteiger charge is -2.08. The summed E-state index contributed by atoms with van der Waals surface area (Å²) >= 11 is 0. The maximum atomic E-state index is 11.5. The van der Waals surface area contributed by atoms with Crippen LogP contribution in [0.2, 0.25) is 0 Å². The molecule has 1 aromatic rings. The van der Waals surface area contributed by atoms with Crippen molar-refractivity contribution in [1.82, 2.24) is 4.98 Å². The van der Waals surface area contributed by atoms with E-state index in [2.05, 4.69) is 10.3 Å². The van der Waals surface area contributed by atoms with Gasteiger partial charge in [-0.1, -0.05) is 6.92 Å². The predicted molar refractivity (Wildman–Crippen MR) is 59.1 cm³/mol. The summed E-state index contributed by atoms with van der Waals surface area (Å²) < 4.78 is 4.87. The SMILES string of the molecule is CCOC(=O)c1ccncc1NC(=O)CC. The van der Waals surface area contributed by atoms with E-state index in [1.807, 2.05) is 0 Å². The predicted octanol–water partition coefficient (Wildman–Crippen LogP) is 1.61. The maximum Gasteiger partial charge on any atom is 0.340 e. The third-order valence-electron chi connectivity index (χ3n) is 1.91. The first-order valence-electron chi connectivity index (χ1n) is 5.10. The number of pyridine rings is 1. The van der Waals surface area contributed by atoms with Gasteiger partial charge < -0.3 is 10.1 Å². The lowest BCUT2D eigenvalue weighted by Crippen LogP contribution is -2.14. The zero-order chi connectivity index (χ0) is 12.0. The van der Waals surface area contributed by atoms with Crippen molar-refractivity contribution in [2.75, 3.05) is 11.9 Å².